The second-order valence-corrected chi connectivity index (χ2v) is 8.30. The number of phenols is 1. The second kappa shape index (κ2) is 9.17. The van der Waals surface area contributed by atoms with Crippen LogP contribution in [0.25, 0.3) is 6.08 Å². The highest BCUT2D eigenvalue weighted by molar-refractivity contribution is 8.18. The van der Waals surface area contributed by atoms with Crippen molar-refractivity contribution in [1.82, 2.24) is 4.90 Å². The summed E-state index contributed by atoms with van der Waals surface area (Å²) < 4.78 is 10.6. The van der Waals surface area contributed by atoms with Crippen molar-refractivity contribution in [3.8, 4) is 11.5 Å². The summed E-state index contributed by atoms with van der Waals surface area (Å²) in [5.74, 6) is -0.923. The van der Waals surface area contributed by atoms with Crippen LogP contribution in [0.2, 0.25) is 0 Å². The summed E-state index contributed by atoms with van der Waals surface area (Å²) in [6, 6.07) is 3.29. The Morgan fingerprint density at radius 2 is 2.00 bits per heavy atom. The number of ether oxygens (including phenoxy) is 2. The molecule has 1 N–H and O–H groups in total. The molecular formula is C21H25NO6S. The predicted molar refractivity (Wildman–Crippen MR) is 112 cm³/mol. The molecule has 8 heteroatoms. The molecule has 0 bridgehead atoms. The topological polar surface area (TPSA) is 93.1 Å². The number of carbonyl (C=O) groups excluding carboxylic acids is 3. The van der Waals surface area contributed by atoms with Gasteiger partial charge in [0.2, 0.25) is 0 Å². The van der Waals surface area contributed by atoms with Crippen molar-refractivity contribution in [2.24, 2.45) is 0 Å². The van der Waals surface area contributed by atoms with Crippen molar-refractivity contribution < 1.29 is 29.0 Å². The highest BCUT2D eigenvalue weighted by Gasteiger charge is 2.37. The van der Waals surface area contributed by atoms with Gasteiger partial charge in [0.1, 0.15) is 12.1 Å². The summed E-state index contributed by atoms with van der Waals surface area (Å²) in [6.45, 7) is 10.5. The molecule has 156 valence electrons. The SMILES string of the molecule is C=CCc1cc(/C=C2\SC(=O)N(CC(=O)OC(C)(C)C)C2=O)cc(OCC)c1O. The maximum absolute atomic E-state index is 12.6. The van der Waals surface area contributed by atoms with E-state index in [2.05, 4.69) is 6.58 Å². The highest BCUT2D eigenvalue weighted by Crippen LogP contribution is 2.36. The van der Waals surface area contributed by atoms with Crippen LogP contribution in [-0.2, 0) is 20.7 Å². The third-order valence-corrected chi connectivity index (χ3v) is 4.63. The van der Waals surface area contributed by atoms with E-state index in [1.54, 1.807) is 45.9 Å². The summed E-state index contributed by atoms with van der Waals surface area (Å²) >= 11 is 0.747. The average molecular weight is 419 g/mol. The third-order valence-electron chi connectivity index (χ3n) is 3.72. The van der Waals surface area contributed by atoms with Crippen molar-refractivity contribution in [3.63, 3.8) is 0 Å². The zero-order chi connectivity index (χ0) is 21.8. The van der Waals surface area contributed by atoms with Gasteiger partial charge in [-0.05, 0) is 69.6 Å². The van der Waals surface area contributed by atoms with Gasteiger partial charge in [-0.3, -0.25) is 19.3 Å². The maximum atomic E-state index is 12.6. The molecule has 0 atom stereocenters. The van der Waals surface area contributed by atoms with Gasteiger partial charge >= 0.3 is 5.97 Å². The molecule has 7 nitrogen and oxygen atoms in total. The number of thioether (sulfide) groups is 1. The molecule has 0 spiro atoms. The number of aromatic hydroxyl groups is 1. The Bertz CT molecular complexity index is 869. The third kappa shape index (κ3) is 5.87. The molecular weight excluding hydrogens is 394 g/mol. The van der Waals surface area contributed by atoms with Gasteiger partial charge in [0.05, 0.1) is 11.5 Å². The fraction of sp³-hybridized carbons (Fsp3) is 0.381. The number of phenolic OH excluding ortho intramolecular Hbond substituents is 1. The summed E-state index contributed by atoms with van der Waals surface area (Å²) in [7, 11) is 0. The van der Waals surface area contributed by atoms with E-state index >= 15 is 0 Å². The van der Waals surface area contributed by atoms with Crippen LogP contribution in [-0.4, -0.2) is 45.9 Å². The lowest BCUT2D eigenvalue weighted by atomic mass is 10.1. The van der Waals surface area contributed by atoms with Crippen LogP contribution in [0.15, 0.2) is 29.7 Å². The van der Waals surface area contributed by atoms with E-state index in [0.717, 1.165) is 16.7 Å². The predicted octanol–water partition coefficient (Wildman–Crippen LogP) is 3.90. The highest BCUT2D eigenvalue weighted by atomic mass is 32.2. The van der Waals surface area contributed by atoms with Gasteiger partial charge in [-0.15, -0.1) is 6.58 Å². The van der Waals surface area contributed by atoms with E-state index in [-0.39, 0.29) is 16.4 Å². The molecule has 0 aliphatic carbocycles. The van der Waals surface area contributed by atoms with Crippen molar-refractivity contribution >= 4 is 35.0 Å². The lowest BCUT2D eigenvalue weighted by Crippen LogP contribution is -2.37. The van der Waals surface area contributed by atoms with E-state index in [9.17, 15) is 19.5 Å². The Hall–Kier alpha value is -2.74. The quantitative estimate of drug-likeness (QED) is 0.407. The number of esters is 1. The van der Waals surface area contributed by atoms with Crippen molar-refractivity contribution in [2.75, 3.05) is 13.2 Å². The molecule has 2 rings (SSSR count). The van der Waals surface area contributed by atoms with E-state index in [1.807, 2.05) is 0 Å². The largest absolute Gasteiger partial charge is 0.504 e. The second-order valence-electron chi connectivity index (χ2n) is 7.31. The molecule has 0 saturated carbocycles. The number of hydrogen-bond donors (Lipinski definition) is 1. The average Bonchev–Trinajstić information content (AvgIpc) is 2.85. The number of nitrogens with zero attached hydrogens (tertiary/aromatic N) is 1. The minimum Gasteiger partial charge on any atom is -0.504 e. The van der Waals surface area contributed by atoms with E-state index in [0.29, 0.717) is 24.2 Å². The molecule has 0 unspecified atom stereocenters. The van der Waals surface area contributed by atoms with Gasteiger partial charge in [0, 0.05) is 5.56 Å². The molecule has 1 aromatic carbocycles. The monoisotopic (exact) mass is 419 g/mol. The standard InChI is InChI=1S/C21H25NO6S/c1-6-8-14-9-13(10-15(18(14)24)27-7-2)11-16-19(25)22(20(26)29-16)12-17(23)28-21(3,4)5/h6,9-11,24H,1,7-8,12H2,2-5H3/b16-11-. The fourth-order valence-corrected chi connectivity index (χ4v) is 3.48. The minimum absolute atomic E-state index is 0.0157. The lowest BCUT2D eigenvalue weighted by Gasteiger charge is -2.21. The normalized spacial score (nSPS) is 15.7. The first-order valence-corrected chi connectivity index (χ1v) is 9.94. The number of imide groups is 1. The molecule has 0 radical (unpaired) electrons. The van der Waals surface area contributed by atoms with Gasteiger partial charge in [0.15, 0.2) is 11.5 Å². The van der Waals surface area contributed by atoms with Crippen LogP contribution in [0.1, 0.15) is 38.8 Å². The number of allylic oxidation sites excluding steroid dienone is 1. The van der Waals surface area contributed by atoms with Gasteiger partial charge < -0.3 is 14.6 Å². The molecule has 2 amide bonds. The van der Waals surface area contributed by atoms with Crippen LogP contribution in [0.4, 0.5) is 4.79 Å². The Morgan fingerprint density at radius 3 is 2.59 bits per heavy atom. The molecule has 1 saturated heterocycles. The first kappa shape index (κ1) is 22.5. The van der Waals surface area contributed by atoms with Crippen LogP contribution in [0, 0.1) is 0 Å². The zero-order valence-electron chi connectivity index (χ0n) is 17.0. The van der Waals surface area contributed by atoms with Gasteiger partial charge in [-0.1, -0.05) is 6.08 Å². The first-order chi connectivity index (χ1) is 13.6. The number of rotatable bonds is 7. The summed E-state index contributed by atoms with van der Waals surface area (Å²) in [6.07, 6.45) is 3.59. The molecule has 1 aliphatic rings. The summed E-state index contributed by atoms with van der Waals surface area (Å²) in [4.78, 5) is 37.9. The van der Waals surface area contributed by atoms with Crippen molar-refractivity contribution in [2.45, 2.75) is 39.7 Å². The smallest absolute Gasteiger partial charge is 0.326 e. The van der Waals surface area contributed by atoms with Gasteiger partial charge in [-0.25, -0.2) is 0 Å². The number of benzene rings is 1. The molecule has 1 heterocycles. The zero-order valence-corrected chi connectivity index (χ0v) is 17.8. The van der Waals surface area contributed by atoms with Crippen LogP contribution in [0.3, 0.4) is 0 Å². The van der Waals surface area contributed by atoms with Gasteiger partial charge in [0.25, 0.3) is 11.1 Å². The van der Waals surface area contributed by atoms with E-state index < -0.39 is 29.3 Å². The van der Waals surface area contributed by atoms with Crippen LogP contribution >= 0.6 is 11.8 Å². The summed E-state index contributed by atoms with van der Waals surface area (Å²) in [5, 5.41) is 9.75. The fourth-order valence-electron chi connectivity index (χ4n) is 2.64. The van der Waals surface area contributed by atoms with E-state index in [4.69, 9.17) is 9.47 Å². The number of hydrogen-bond acceptors (Lipinski definition) is 7. The number of amides is 2. The Morgan fingerprint density at radius 1 is 1.31 bits per heavy atom. The molecule has 0 aromatic heterocycles. The molecule has 1 aromatic rings. The van der Waals surface area contributed by atoms with Gasteiger partial charge in [-0.2, -0.15) is 0 Å². The molecule has 1 fully saturated rings. The van der Waals surface area contributed by atoms with E-state index in [1.165, 1.54) is 6.08 Å². The van der Waals surface area contributed by atoms with Crippen molar-refractivity contribution in [3.05, 3.63) is 40.8 Å². The Kier molecular flexibility index (Phi) is 7.13. The van der Waals surface area contributed by atoms with Crippen LogP contribution in [0.5, 0.6) is 11.5 Å². The number of carbonyl (C=O) groups is 3. The molecule has 1 aliphatic heterocycles. The van der Waals surface area contributed by atoms with Crippen LogP contribution < -0.4 is 4.74 Å². The maximum Gasteiger partial charge on any atom is 0.326 e. The summed E-state index contributed by atoms with van der Waals surface area (Å²) in [5.41, 5.74) is 0.467. The minimum atomic E-state index is -0.710. The molecule has 29 heavy (non-hydrogen) atoms. The Balaban J connectivity index is 2.28. The lowest BCUT2D eigenvalue weighted by molar-refractivity contribution is -0.156. The Labute approximate surface area is 174 Å². The first-order valence-electron chi connectivity index (χ1n) is 9.12. The van der Waals surface area contributed by atoms with Crippen molar-refractivity contribution in [1.29, 1.82) is 0 Å².